The molecule has 0 bridgehead atoms. The van der Waals surface area contributed by atoms with Crippen molar-refractivity contribution in [2.45, 2.75) is 17.8 Å². The Hall–Kier alpha value is -2.75. The molecule has 156 valence electrons. The third kappa shape index (κ3) is 5.12. The zero-order chi connectivity index (χ0) is 21.8. The number of hydrogen-bond donors (Lipinski definition) is 1. The van der Waals surface area contributed by atoms with E-state index in [4.69, 9.17) is 11.6 Å². The molecule has 0 aliphatic carbocycles. The average Bonchev–Trinajstić information content (AvgIpc) is 3.20. The Kier molecular flexibility index (Phi) is 6.64. The molecule has 7 nitrogen and oxygen atoms in total. The van der Waals surface area contributed by atoms with E-state index in [1.807, 2.05) is 37.3 Å². The lowest BCUT2D eigenvalue weighted by Crippen LogP contribution is -2.16. The standard InChI is InChI=1S/C21H16BrClN6OS/c1-13-3-6-15(23)11-17(13)26-20(30)19-18(12-31-21-24-9-2-10-25-21)29(28-27-19)16-7-4-14(22)5-8-16/h2-11H,12H2,1H3,(H,26,30). The first kappa shape index (κ1) is 21.5. The molecule has 10 heteroatoms. The molecule has 0 saturated heterocycles. The molecule has 4 rings (SSSR count). The number of hydrogen-bond acceptors (Lipinski definition) is 6. The van der Waals surface area contributed by atoms with Crippen LogP contribution in [0.15, 0.2) is 70.6 Å². The van der Waals surface area contributed by atoms with Crippen molar-refractivity contribution in [2.24, 2.45) is 0 Å². The molecular weight excluding hydrogens is 500 g/mol. The number of aromatic nitrogens is 5. The molecule has 0 saturated carbocycles. The molecule has 2 aromatic heterocycles. The van der Waals surface area contributed by atoms with Crippen LogP contribution in [0.1, 0.15) is 21.7 Å². The van der Waals surface area contributed by atoms with E-state index in [0.717, 1.165) is 15.7 Å². The molecular formula is C21H16BrClN6OS. The van der Waals surface area contributed by atoms with E-state index in [1.165, 1.54) is 11.8 Å². The van der Waals surface area contributed by atoms with Gasteiger partial charge in [-0.1, -0.05) is 50.6 Å². The normalized spacial score (nSPS) is 10.8. The number of carbonyl (C=O) groups is 1. The molecule has 2 aromatic carbocycles. The Morgan fingerprint density at radius 1 is 1.16 bits per heavy atom. The molecule has 0 atom stereocenters. The molecule has 0 radical (unpaired) electrons. The largest absolute Gasteiger partial charge is 0.320 e. The molecule has 0 fully saturated rings. The van der Waals surface area contributed by atoms with Crippen LogP contribution in [-0.4, -0.2) is 30.9 Å². The van der Waals surface area contributed by atoms with E-state index >= 15 is 0 Å². The molecule has 2 heterocycles. The van der Waals surface area contributed by atoms with E-state index < -0.39 is 0 Å². The Morgan fingerprint density at radius 3 is 2.65 bits per heavy atom. The Labute approximate surface area is 196 Å². The lowest BCUT2D eigenvalue weighted by molar-refractivity contribution is 0.102. The summed E-state index contributed by atoms with van der Waals surface area (Å²) in [6, 6.07) is 14.7. The number of anilines is 1. The minimum atomic E-state index is -0.363. The molecule has 4 aromatic rings. The second-order valence-electron chi connectivity index (χ2n) is 6.51. The summed E-state index contributed by atoms with van der Waals surface area (Å²) in [4.78, 5) is 21.6. The zero-order valence-corrected chi connectivity index (χ0v) is 19.4. The monoisotopic (exact) mass is 514 g/mol. The summed E-state index contributed by atoms with van der Waals surface area (Å²) in [5.41, 5.74) is 3.17. The number of thioether (sulfide) groups is 1. The minimum Gasteiger partial charge on any atom is -0.320 e. The lowest BCUT2D eigenvalue weighted by Gasteiger charge is -2.10. The maximum atomic E-state index is 13.1. The van der Waals surface area contributed by atoms with Gasteiger partial charge in [0.2, 0.25) is 0 Å². The third-order valence-electron chi connectivity index (χ3n) is 4.38. The predicted octanol–water partition coefficient (Wildman–Crippen LogP) is 5.33. The van der Waals surface area contributed by atoms with Gasteiger partial charge in [-0.05, 0) is 55.0 Å². The molecule has 1 amide bonds. The first-order valence-electron chi connectivity index (χ1n) is 9.19. The van der Waals surface area contributed by atoms with Gasteiger partial charge >= 0.3 is 0 Å². The van der Waals surface area contributed by atoms with Gasteiger partial charge in [0, 0.05) is 33.3 Å². The smallest absolute Gasteiger partial charge is 0.278 e. The number of halogens is 2. The zero-order valence-electron chi connectivity index (χ0n) is 16.3. The van der Waals surface area contributed by atoms with Crippen molar-refractivity contribution in [1.82, 2.24) is 25.0 Å². The highest BCUT2D eigenvalue weighted by Crippen LogP contribution is 2.25. The summed E-state index contributed by atoms with van der Waals surface area (Å²) in [5, 5.41) is 12.4. The molecule has 0 unspecified atom stereocenters. The fourth-order valence-electron chi connectivity index (χ4n) is 2.80. The molecule has 1 N–H and O–H groups in total. The van der Waals surface area contributed by atoms with Crippen LogP contribution < -0.4 is 5.32 Å². The predicted molar refractivity (Wildman–Crippen MR) is 125 cm³/mol. The van der Waals surface area contributed by atoms with Gasteiger partial charge in [-0.2, -0.15) is 0 Å². The second-order valence-corrected chi connectivity index (χ2v) is 8.80. The maximum absolute atomic E-state index is 13.1. The number of benzene rings is 2. The highest BCUT2D eigenvalue weighted by Gasteiger charge is 2.22. The summed E-state index contributed by atoms with van der Waals surface area (Å²) in [5.74, 6) is 0.0444. The average molecular weight is 516 g/mol. The van der Waals surface area contributed by atoms with Crippen molar-refractivity contribution in [3.05, 3.63) is 87.4 Å². The summed E-state index contributed by atoms with van der Waals surface area (Å²) in [6.45, 7) is 1.90. The Balaban J connectivity index is 1.68. The highest BCUT2D eigenvalue weighted by molar-refractivity contribution is 9.10. The van der Waals surface area contributed by atoms with E-state index in [2.05, 4.69) is 41.5 Å². The van der Waals surface area contributed by atoms with Crippen LogP contribution in [0, 0.1) is 6.92 Å². The van der Waals surface area contributed by atoms with Crippen molar-refractivity contribution in [3.63, 3.8) is 0 Å². The number of nitrogens with one attached hydrogen (secondary N) is 1. The lowest BCUT2D eigenvalue weighted by atomic mass is 10.2. The van der Waals surface area contributed by atoms with E-state index in [-0.39, 0.29) is 11.6 Å². The number of aryl methyl sites for hydroxylation is 1. The number of amides is 1. The SMILES string of the molecule is Cc1ccc(Cl)cc1NC(=O)c1nnn(-c2ccc(Br)cc2)c1CSc1ncccn1. The van der Waals surface area contributed by atoms with Crippen molar-refractivity contribution in [1.29, 1.82) is 0 Å². The van der Waals surface area contributed by atoms with Crippen molar-refractivity contribution in [3.8, 4) is 5.69 Å². The van der Waals surface area contributed by atoms with Gasteiger partial charge in [0.05, 0.1) is 11.4 Å². The summed E-state index contributed by atoms with van der Waals surface area (Å²) < 4.78 is 2.60. The van der Waals surface area contributed by atoms with Gasteiger partial charge in [-0.15, -0.1) is 5.10 Å². The fourth-order valence-corrected chi connectivity index (χ4v) is 4.03. The van der Waals surface area contributed by atoms with Crippen LogP contribution in [0.2, 0.25) is 5.02 Å². The van der Waals surface area contributed by atoms with Gasteiger partial charge in [0.25, 0.3) is 5.91 Å². The van der Waals surface area contributed by atoms with Gasteiger partial charge in [0.1, 0.15) is 0 Å². The van der Waals surface area contributed by atoms with E-state index in [9.17, 15) is 4.79 Å². The Bertz CT molecular complexity index is 1220. The van der Waals surface area contributed by atoms with Crippen molar-refractivity contribution in [2.75, 3.05) is 5.32 Å². The number of nitrogens with zero attached hydrogens (tertiary/aromatic N) is 5. The number of rotatable bonds is 6. The van der Waals surface area contributed by atoms with Crippen LogP contribution >= 0.6 is 39.3 Å². The molecule has 0 spiro atoms. The first-order chi connectivity index (χ1) is 15.0. The van der Waals surface area contributed by atoms with Crippen LogP contribution in [0.25, 0.3) is 5.69 Å². The van der Waals surface area contributed by atoms with Crippen LogP contribution in [0.4, 0.5) is 5.69 Å². The second kappa shape index (κ2) is 9.59. The fraction of sp³-hybridized carbons (Fsp3) is 0.0952. The third-order valence-corrected chi connectivity index (χ3v) is 6.03. The van der Waals surface area contributed by atoms with E-state index in [0.29, 0.717) is 27.3 Å². The number of carbonyl (C=O) groups excluding carboxylic acids is 1. The summed E-state index contributed by atoms with van der Waals surface area (Å²) in [7, 11) is 0. The van der Waals surface area contributed by atoms with Gasteiger partial charge in [-0.3, -0.25) is 4.79 Å². The van der Waals surface area contributed by atoms with Crippen LogP contribution in [0.3, 0.4) is 0 Å². The van der Waals surface area contributed by atoms with Gasteiger partial charge in [-0.25, -0.2) is 14.6 Å². The Morgan fingerprint density at radius 2 is 1.90 bits per heavy atom. The van der Waals surface area contributed by atoms with Gasteiger partial charge in [0.15, 0.2) is 10.9 Å². The van der Waals surface area contributed by atoms with Gasteiger partial charge < -0.3 is 5.32 Å². The van der Waals surface area contributed by atoms with Crippen LogP contribution in [-0.2, 0) is 5.75 Å². The first-order valence-corrected chi connectivity index (χ1v) is 11.3. The highest BCUT2D eigenvalue weighted by atomic mass is 79.9. The van der Waals surface area contributed by atoms with Crippen molar-refractivity contribution >= 4 is 50.9 Å². The summed E-state index contributed by atoms with van der Waals surface area (Å²) >= 11 is 10.9. The molecule has 0 aliphatic rings. The minimum absolute atomic E-state index is 0.228. The van der Waals surface area contributed by atoms with E-state index in [1.54, 1.807) is 35.3 Å². The summed E-state index contributed by atoms with van der Waals surface area (Å²) in [6.07, 6.45) is 3.35. The quantitative estimate of drug-likeness (QED) is 0.276. The molecule has 0 aliphatic heterocycles. The molecule has 31 heavy (non-hydrogen) atoms. The van der Waals surface area contributed by atoms with Crippen molar-refractivity contribution < 1.29 is 4.79 Å². The maximum Gasteiger partial charge on any atom is 0.278 e. The topological polar surface area (TPSA) is 85.6 Å². The van der Waals surface area contributed by atoms with Crippen LogP contribution in [0.5, 0.6) is 0 Å².